The second-order valence-corrected chi connectivity index (χ2v) is 9.21. The number of ether oxygens (including phenoxy) is 1. The quantitative estimate of drug-likeness (QED) is 0.639. The van der Waals surface area contributed by atoms with Gasteiger partial charge in [0.05, 0.1) is 16.4 Å². The van der Waals surface area contributed by atoms with E-state index < -0.39 is 6.10 Å². The molecular weight excluding hydrogens is 410 g/mol. The summed E-state index contributed by atoms with van der Waals surface area (Å²) in [4.78, 5) is 33.0. The largest absolute Gasteiger partial charge is 0.479 e. The number of nitrogens with one attached hydrogen (secondary N) is 1. The Morgan fingerprint density at radius 3 is 2.68 bits per heavy atom. The van der Waals surface area contributed by atoms with Crippen molar-refractivity contribution in [1.29, 1.82) is 0 Å². The third kappa shape index (κ3) is 4.05. The van der Waals surface area contributed by atoms with Gasteiger partial charge in [-0.05, 0) is 70.0 Å². The number of aromatic nitrogens is 1. The number of fused-ring (bicyclic) bond motifs is 1. The van der Waals surface area contributed by atoms with E-state index in [1.807, 2.05) is 64.1 Å². The van der Waals surface area contributed by atoms with E-state index >= 15 is 0 Å². The van der Waals surface area contributed by atoms with Crippen LogP contribution in [0.2, 0.25) is 0 Å². The van der Waals surface area contributed by atoms with Crippen molar-refractivity contribution in [2.75, 3.05) is 16.8 Å². The summed E-state index contributed by atoms with van der Waals surface area (Å²) in [5, 5.41) is 3.92. The summed E-state index contributed by atoms with van der Waals surface area (Å²) >= 11 is 1.63. The molecule has 160 valence electrons. The van der Waals surface area contributed by atoms with Gasteiger partial charge < -0.3 is 10.1 Å². The number of carbonyl (C=O) groups excluding carboxylic acids is 2. The Bertz CT molecular complexity index is 1180. The maximum atomic E-state index is 12.9. The first-order valence-electron chi connectivity index (χ1n) is 10.2. The van der Waals surface area contributed by atoms with Crippen molar-refractivity contribution in [2.45, 2.75) is 40.7 Å². The highest BCUT2D eigenvalue weighted by Crippen LogP contribution is 2.38. The molecule has 3 aromatic rings. The summed E-state index contributed by atoms with van der Waals surface area (Å²) in [6, 6.07) is 11.4. The van der Waals surface area contributed by atoms with Crippen LogP contribution in [0.15, 0.2) is 36.4 Å². The fourth-order valence-electron chi connectivity index (χ4n) is 3.73. The van der Waals surface area contributed by atoms with Crippen molar-refractivity contribution >= 4 is 34.5 Å². The van der Waals surface area contributed by atoms with Crippen LogP contribution in [-0.2, 0) is 9.59 Å². The molecule has 0 bridgehead atoms. The Labute approximate surface area is 185 Å². The van der Waals surface area contributed by atoms with E-state index in [9.17, 15) is 9.59 Å². The topological polar surface area (TPSA) is 71.5 Å². The van der Waals surface area contributed by atoms with E-state index in [-0.39, 0.29) is 18.4 Å². The van der Waals surface area contributed by atoms with E-state index in [0.29, 0.717) is 11.4 Å². The van der Waals surface area contributed by atoms with Crippen LogP contribution >= 0.6 is 11.3 Å². The zero-order chi connectivity index (χ0) is 22.3. The van der Waals surface area contributed by atoms with Crippen molar-refractivity contribution in [3.63, 3.8) is 0 Å². The van der Waals surface area contributed by atoms with Crippen molar-refractivity contribution in [1.82, 2.24) is 4.98 Å². The standard InChI is InChI=1S/C24H25N3O3S/c1-13-7-6-8-19(14(13)2)26-22(28)12-27-20-11-18(23-16(4)31-17(5)25-23)9-10-21(20)30-15(3)24(27)29/h6-11,15H,12H2,1-5H3,(H,26,28). The molecule has 6 nitrogen and oxygen atoms in total. The number of hydrogen-bond donors (Lipinski definition) is 1. The van der Waals surface area contributed by atoms with E-state index in [0.717, 1.165) is 38.0 Å². The molecule has 0 radical (unpaired) electrons. The Kier molecular flexibility index (Phi) is 5.54. The van der Waals surface area contributed by atoms with Gasteiger partial charge in [0.2, 0.25) is 5.91 Å². The smallest absolute Gasteiger partial charge is 0.268 e. The average molecular weight is 436 g/mol. The summed E-state index contributed by atoms with van der Waals surface area (Å²) in [7, 11) is 0. The van der Waals surface area contributed by atoms with Crippen LogP contribution in [0.1, 0.15) is 27.9 Å². The van der Waals surface area contributed by atoms with Gasteiger partial charge in [0.1, 0.15) is 12.3 Å². The van der Waals surface area contributed by atoms with Crippen LogP contribution in [0.3, 0.4) is 0 Å². The normalized spacial score (nSPS) is 15.5. The molecule has 1 aromatic heterocycles. The first-order chi connectivity index (χ1) is 14.7. The second-order valence-electron chi connectivity index (χ2n) is 7.80. The number of thiazole rings is 1. The van der Waals surface area contributed by atoms with Gasteiger partial charge in [-0.1, -0.05) is 12.1 Å². The summed E-state index contributed by atoms with van der Waals surface area (Å²) in [5.74, 6) is 0.0834. The van der Waals surface area contributed by atoms with Gasteiger partial charge in [0.15, 0.2) is 6.10 Å². The third-order valence-corrected chi connectivity index (χ3v) is 6.41. The zero-order valence-corrected chi connectivity index (χ0v) is 19.1. The molecule has 0 saturated carbocycles. The molecule has 4 rings (SSSR count). The Balaban J connectivity index is 1.65. The van der Waals surface area contributed by atoms with Crippen LogP contribution in [0.4, 0.5) is 11.4 Å². The number of anilines is 2. The fourth-order valence-corrected chi connectivity index (χ4v) is 4.57. The Morgan fingerprint density at radius 1 is 1.19 bits per heavy atom. The van der Waals surface area contributed by atoms with Gasteiger partial charge >= 0.3 is 0 Å². The molecule has 31 heavy (non-hydrogen) atoms. The number of carbonyl (C=O) groups is 2. The minimum atomic E-state index is -0.657. The minimum Gasteiger partial charge on any atom is -0.479 e. The number of aryl methyl sites for hydroxylation is 3. The Hall–Kier alpha value is -3.19. The number of amides is 2. The van der Waals surface area contributed by atoms with Crippen molar-refractivity contribution < 1.29 is 14.3 Å². The molecule has 0 spiro atoms. The van der Waals surface area contributed by atoms with Gasteiger partial charge in [-0.15, -0.1) is 11.3 Å². The molecule has 2 aromatic carbocycles. The van der Waals surface area contributed by atoms with Gasteiger partial charge in [-0.3, -0.25) is 14.5 Å². The highest BCUT2D eigenvalue weighted by Gasteiger charge is 2.33. The predicted molar refractivity (Wildman–Crippen MR) is 124 cm³/mol. The first kappa shape index (κ1) is 21.1. The first-order valence-corrected chi connectivity index (χ1v) is 11.0. The highest BCUT2D eigenvalue weighted by molar-refractivity contribution is 7.11. The Morgan fingerprint density at radius 2 is 1.97 bits per heavy atom. The predicted octanol–water partition coefficient (Wildman–Crippen LogP) is 4.80. The minimum absolute atomic E-state index is 0.0918. The van der Waals surface area contributed by atoms with Gasteiger partial charge in [0, 0.05) is 16.1 Å². The lowest BCUT2D eigenvalue weighted by atomic mass is 10.1. The summed E-state index contributed by atoms with van der Waals surface area (Å²) in [6.45, 7) is 9.56. The van der Waals surface area contributed by atoms with Crippen molar-refractivity contribution in [3.8, 4) is 17.0 Å². The van der Waals surface area contributed by atoms with Crippen LogP contribution < -0.4 is 15.0 Å². The third-order valence-electron chi connectivity index (χ3n) is 5.52. The fraction of sp³-hybridized carbons (Fsp3) is 0.292. The zero-order valence-electron chi connectivity index (χ0n) is 18.3. The average Bonchev–Trinajstić information content (AvgIpc) is 3.06. The molecule has 1 unspecified atom stereocenters. The molecule has 2 amide bonds. The van der Waals surface area contributed by atoms with Crippen LogP contribution in [0.5, 0.6) is 5.75 Å². The van der Waals surface area contributed by atoms with Crippen molar-refractivity contribution in [2.24, 2.45) is 0 Å². The molecule has 1 atom stereocenters. The molecule has 1 aliphatic rings. The molecule has 7 heteroatoms. The summed E-state index contributed by atoms with van der Waals surface area (Å²) in [5.41, 5.74) is 5.22. The van der Waals surface area contributed by atoms with E-state index in [2.05, 4.69) is 10.3 Å². The monoisotopic (exact) mass is 435 g/mol. The molecule has 0 fully saturated rings. The highest BCUT2D eigenvalue weighted by atomic mass is 32.1. The number of nitrogens with zero attached hydrogens (tertiary/aromatic N) is 2. The van der Waals surface area contributed by atoms with E-state index in [4.69, 9.17) is 4.74 Å². The van der Waals surface area contributed by atoms with Crippen LogP contribution in [-0.4, -0.2) is 29.4 Å². The lowest BCUT2D eigenvalue weighted by Crippen LogP contribution is -2.47. The summed E-state index contributed by atoms with van der Waals surface area (Å²) < 4.78 is 5.79. The maximum Gasteiger partial charge on any atom is 0.268 e. The molecule has 1 aliphatic heterocycles. The van der Waals surface area contributed by atoms with Gasteiger partial charge in [0.25, 0.3) is 5.91 Å². The molecule has 0 saturated heterocycles. The van der Waals surface area contributed by atoms with Crippen LogP contribution in [0, 0.1) is 27.7 Å². The van der Waals surface area contributed by atoms with Crippen molar-refractivity contribution in [3.05, 3.63) is 57.4 Å². The summed E-state index contributed by atoms with van der Waals surface area (Å²) in [6.07, 6.45) is -0.657. The SMILES string of the molecule is Cc1nc(-c2ccc3c(c2)N(CC(=O)Nc2cccc(C)c2C)C(=O)C(C)O3)c(C)s1. The maximum absolute atomic E-state index is 12.9. The lowest BCUT2D eigenvalue weighted by Gasteiger charge is -2.33. The second kappa shape index (κ2) is 8.15. The van der Waals surface area contributed by atoms with Crippen LogP contribution in [0.25, 0.3) is 11.3 Å². The number of hydrogen-bond acceptors (Lipinski definition) is 5. The molecule has 0 aliphatic carbocycles. The van der Waals surface area contributed by atoms with Gasteiger partial charge in [-0.25, -0.2) is 4.98 Å². The molecule has 2 heterocycles. The van der Waals surface area contributed by atoms with E-state index in [1.54, 1.807) is 18.3 Å². The van der Waals surface area contributed by atoms with Gasteiger partial charge in [-0.2, -0.15) is 0 Å². The number of benzene rings is 2. The molecule has 1 N–H and O–H groups in total. The lowest BCUT2D eigenvalue weighted by molar-refractivity contribution is -0.127. The molecular formula is C24H25N3O3S. The van der Waals surface area contributed by atoms with E-state index in [1.165, 1.54) is 4.90 Å². The number of rotatable bonds is 4.